The molecule has 0 saturated carbocycles. The molecular weight excluding hydrogens is 200 g/mol. The Morgan fingerprint density at radius 3 is 2.62 bits per heavy atom. The van der Waals surface area contributed by atoms with Crippen molar-refractivity contribution < 1.29 is 4.79 Å². The normalized spacial score (nSPS) is 19.5. The second kappa shape index (κ2) is 3.52. The quantitative estimate of drug-likeness (QED) is 0.747. The molecular formula is C13H12N2O. The van der Waals surface area contributed by atoms with E-state index in [-0.39, 0.29) is 12.1 Å². The van der Waals surface area contributed by atoms with Crippen molar-refractivity contribution in [2.24, 2.45) is 0 Å². The molecule has 3 nitrogen and oxygen atoms in total. The number of amides is 2. The van der Waals surface area contributed by atoms with Crippen molar-refractivity contribution in [1.29, 1.82) is 0 Å². The first-order valence-electron chi connectivity index (χ1n) is 5.36. The van der Waals surface area contributed by atoms with Crippen molar-refractivity contribution in [3.63, 3.8) is 0 Å². The summed E-state index contributed by atoms with van der Waals surface area (Å²) >= 11 is 0. The number of carbonyl (C=O) groups is 1. The molecule has 2 aromatic rings. The molecule has 16 heavy (non-hydrogen) atoms. The van der Waals surface area contributed by atoms with E-state index in [0.29, 0.717) is 6.54 Å². The number of hydrogen-bond acceptors (Lipinski definition) is 1. The molecule has 2 aromatic carbocycles. The maximum atomic E-state index is 11.1. The first kappa shape index (κ1) is 9.21. The van der Waals surface area contributed by atoms with Crippen LogP contribution >= 0.6 is 0 Å². The third-order valence-corrected chi connectivity index (χ3v) is 2.95. The topological polar surface area (TPSA) is 41.1 Å². The highest BCUT2D eigenvalue weighted by Crippen LogP contribution is 2.21. The van der Waals surface area contributed by atoms with Gasteiger partial charge in [-0.25, -0.2) is 4.79 Å². The van der Waals surface area contributed by atoms with Crippen molar-refractivity contribution in [1.82, 2.24) is 10.6 Å². The largest absolute Gasteiger partial charge is 0.336 e. The highest BCUT2D eigenvalue weighted by molar-refractivity contribution is 5.83. The van der Waals surface area contributed by atoms with Gasteiger partial charge in [0, 0.05) is 6.54 Å². The summed E-state index contributed by atoms with van der Waals surface area (Å²) in [6, 6.07) is 14.5. The van der Waals surface area contributed by atoms with Gasteiger partial charge >= 0.3 is 6.03 Å². The van der Waals surface area contributed by atoms with Gasteiger partial charge < -0.3 is 10.6 Å². The van der Waals surface area contributed by atoms with Crippen LogP contribution in [0.2, 0.25) is 0 Å². The number of urea groups is 1. The first-order valence-corrected chi connectivity index (χ1v) is 5.36. The van der Waals surface area contributed by atoms with E-state index in [2.05, 4.69) is 41.0 Å². The summed E-state index contributed by atoms with van der Waals surface area (Å²) in [5.74, 6) is 0. The third-order valence-electron chi connectivity index (χ3n) is 2.95. The van der Waals surface area contributed by atoms with Gasteiger partial charge in [-0.2, -0.15) is 0 Å². The minimum atomic E-state index is -0.0850. The monoisotopic (exact) mass is 212 g/mol. The highest BCUT2D eigenvalue weighted by Gasteiger charge is 2.21. The summed E-state index contributed by atoms with van der Waals surface area (Å²) in [6.07, 6.45) is 0. The second-order valence-electron chi connectivity index (χ2n) is 4.01. The molecule has 3 heteroatoms. The van der Waals surface area contributed by atoms with Crippen LogP contribution in [-0.2, 0) is 0 Å². The minimum absolute atomic E-state index is 0.0850. The molecule has 2 amide bonds. The zero-order valence-electron chi connectivity index (χ0n) is 8.73. The van der Waals surface area contributed by atoms with Crippen LogP contribution in [0.1, 0.15) is 11.6 Å². The van der Waals surface area contributed by atoms with Crippen molar-refractivity contribution >= 4 is 16.8 Å². The lowest BCUT2D eigenvalue weighted by Gasteiger charge is -2.09. The maximum absolute atomic E-state index is 11.1. The van der Waals surface area contributed by atoms with E-state index in [1.807, 2.05) is 12.1 Å². The van der Waals surface area contributed by atoms with Gasteiger partial charge in [0.1, 0.15) is 0 Å². The standard InChI is InChI=1S/C13H12N2O/c16-13-14-8-12(15-13)11-6-5-9-3-1-2-4-10(9)7-11/h1-7,12H,8H2,(H2,14,15,16)/t12-/m0/s1. The molecule has 1 saturated heterocycles. The van der Waals surface area contributed by atoms with E-state index in [9.17, 15) is 4.79 Å². The lowest BCUT2D eigenvalue weighted by Crippen LogP contribution is -2.21. The fourth-order valence-corrected chi connectivity index (χ4v) is 2.08. The smallest absolute Gasteiger partial charge is 0.315 e. The van der Waals surface area contributed by atoms with Crippen LogP contribution in [0.3, 0.4) is 0 Å². The number of benzene rings is 2. The predicted octanol–water partition coefficient (Wildman–Crippen LogP) is 2.19. The molecule has 2 N–H and O–H groups in total. The average Bonchev–Trinajstić information content (AvgIpc) is 2.75. The van der Waals surface area contributed by atoms with E-state index >= 15 is 0 Å². The summed E-state index contributed by atoms with van der Waals surface area (Å²) in [7, 11) is 0. The summed E-state index contributed by atoms with van der Waals surface area (Å²) in [5, 5.41) is 8.09. The van der Waals surface area contributed by atoms with Crippen molar-refractivity contribution in [2.45, 2.75) is 6.04 Å². The minimum Gasteiger partial charge on any atom is -0.336 e. The summed E-state index contributed by atoms with van der Waals surface area (Å²) < 4.78 is 0. The Morgan fingerprint density at radius 1 is 1.06 bits per heavy atom. The second-order valence-corrected chi connectivity index (χ2v) is 4.01. The molecule has 0 aliphatic carbocycles. The van der Waals surface area contributed by atoms with Gasteiger partial charge in [0.25, 0.3) is 0 Å². The molecule has 1 fully saturated rings. The summed E-state index contributed by atoms with van der Waals surface area (Å²) in [6.45, 7) is 0.664. The number of carbonyl (C=O) groups excluding carboxylic acids is 1. The van der Waals surface area contributed by atoms with Crippen molar-refractivity contribution in [3.8, 4) is 0 Å². The van der Waals surface area contributed by atoms with E-state index < -0.39 is 0 Å². The zero-order chi connectivity index (χ0) is 11.0. The van der Waals surface area contributed by atoms with Crippen LogP contribution in [0.15, 0.2) is 42.5 Å². The lowest BCUT2D eigenvalue weighted by atomic mass is 10.0. The van der Waals surface area contributed by atoms with Gasteiger partial charge in [0.15, 0.2) is 0 Å². The van der Waals surface area contributed by atoms with Crippen LogP contribution in [0.4, 0.5) is 4.79 Å². The molecule has 0 spiro atoms. The van der Waals surface area contributed by atoms with Gasteiger partial charge in [-0.15, -0.1) is 0 Å². The van der Waals surface area contributed by atoms with E-state index in [4.69, 9.17) is 0 Å². The molecule has 0 bridgehead atoms. The van der Waals surface area contributed by atoms with E-state index in [1.54, 1.807) is 0 Å². The molecule has 3 rings (SSSR count). The first-order chi connectivity index (χ1) is 7.83. The van der Waals surface area contributed by atoms with E-state index in [1.165, 1.54) is 10.8 Å². The summed E-state index contributed by atoms with van der Waals surface area (Å²) in [4.78, 5) is 11.1. The van der Waals surface area contributed by atoms with Gasteiger partial charge in [0.05, 0.1) is 6.04 Å². The van der Waals surface area contributed by atoms with E-state index in [0.717, 1.165) is 5.56 Å². The molecule has 0 unspecified atom stereocenters. The molecule has 0 radical (unpaired) electrons. The number of nitrogens with one attached hydrogen (secondary N) is 2. The number of hydrogen-bond donors (Lipinski definition) is 2. The molecule has 80 valence electrons. The fourth-order valence-electron chi connectivity index (χ4n) is 2.08. The Kier molecular flexibility index (Phi) is 2.03. The molecule has 1 aliphatic heterocycles. The van der Waals surface area contributed by atoms with Crippen LogP contribution in [-0.4, -0.2) is 12.6 Å². The predicted molar refractivity (Wildman–Crippen MR) is 63.2 cm³/mol. The molecule has 1 atom stereocenters. The lowest BCUT2D eigenvalue weighted by molar-refractivity contribution is 0.247. The summed E-state index contributed by atoms with van der Waals surface area (Å²) in [5.41, 5.74) is 1.15. The fraction of sp³-hybridized carbons (Fsp3) is 0.154. The van der Waals surface area contributed by atoms with Gasteiger partial charge in [-0.05, 0) is 22.4 Å². The van der Waals surface area contributed by atoms with Crippen LogP contribution in [0.25, 0.3) is 10.8 Å². The average molecular weight is 212 g/mol. The molecule has 0 aromatic heterocycles. The SMILES string of the molecule is O=C1NC[C@@H](c2ccc3ccccc3c2)N1. The molecule has 1 heterocycles. The third kappa shape index (κ3) is 1.50. The maximum Gasteiger partial charge on any atom is 0.315 e. The van der Waals surface area contributed by atoms with Crippen LogP contribution in [0, 0.1) is 0 Å². The van der Waals surface area contributed by atoms with Gasteiger partial charge in [0.2, 0.25) is 0 Å². The number of fused-ring (bicyclic) bond motifs is 1. The van der Waals surface area contributed by atoms with Gasteiger partial charge in [-0.3, -0.25) is 0 Å². The van der Waals surface area contributed by atoms with Crippen molar-refractivity contribution in [2.75, 3.05) is 6.54 Å². The number of rotatable bonds is 1. The van der Waals surface area contributed by atoms with Gasteiger partial charge in [-0.1, -0.05) is 36.4 Å². The highest BCUT2D eigenvalue weighted by atomic mass is 16.2. The zero-order valence-corrected chi connectivity index (χ0v) is 8.73. The molecule has 1 aliphatic rings. The Morgan fingerprint density at radius 2 is 1.88 bits per heavy atom. The Labute approximate surface area is 93.5 Å². The Hall–Kier alpha value is -2.03. The van der Waals surface area contributed by atoms with Crippen molar-refractivity contribution in [3.05, 3.63) is 48.0 Å². The Bertz CT molecular complexity index is 550. The Balaban J connectivity index is 2.02. The van der Waals surface area contributed by atoms with Crippen LogP contribution in [0.5, 0.6) is 0 Å². The van der Waals surface area contributed by atoms with Crippen LogP contribution < -0.4 is 10.6 Å².